The Balaban J connectivity index is 1.73. The molecule has 0 unspecified atom stereocenters. The summed E-state index contributed by atoms with van der Waals surface area (Å²) in [6, 6.07) is 21.6. The highest BCUT2D eigenvalue weighted by Gasteiger charge is 2.26. The molecule has 0 bridgehead atoms. The van der Waals surface area contributed by atoms with Gasteiger partial charge < -0.3 is 10.1 Å². The zero-order chi connectivity index (χ0) is 28.3. The molecule has 0 aliphatic heterocycles. The quantitative estimate of drug-likeness (QED) is 0.249. The second-order valence-corrected chi connectivity index (χ2v) is 13.8. The predicted octanol–water partition coefficient (Wildman–Crippen LogP) is 9.29. The van der Waals surface area contributed by atoms with Gasteiger partial charge in [-0.15, -0.1) is 0 Å². The van der Waals surface area contributed by atoms with Gasteiger partial charge in [0.2, 0.25) is 0 Å². The summed E-state index contributed by atoms with van der Waals surface area (Å²) in [4.78, 5) is 3.71. The van der Waals surface area contributed by atoms with Gasteiger partial charge in [-0.1, -0.05) is 92.6 Å². The summed E-state index contributed by atoms with van der Waals surface area (Å²) < 4.78 is 1.92. The van der Waals surface area contributed by atoms with Crippen molar-refractivity contribution >= 4 is 10.9 Å². The van der Waals surface area contributed by atoms with Crippen LogP contribution in [0.4, 0.5) is 0 Å². The molecule has 2 aromatic heterocycles. The zero-order valence-electron chi connectivity index (χ0n) is 24.8. The van der Waals surface area contributed by atoms with E-state index < -0.39 is 0 Å². The molecule has 0 atom stereocenters. The van der Waals surface area contributed by atoms with E-state index in [2.05, 4.69) is 127 Å². The van der Waals surface area contributed by atoms with Gasteiger partial charge in [-0.25, -0.2) is 4.68 Å². The maximum absolute atomic E-state index is 11.5. The van der Waals surface area contributed by atoms with E-state index in [1.54, 1.807) is 0 Å². The molecule has 5 aromatic rings. The number of fused-ring (bicyclic) bond motifs is 1. The first-order valence-corrected chi connectivity index (χ1v) is 13.8. The fourth-order valence-electron chi connectivity index (χ4n) is 5.14. The molecule has 0 spiro atoms. The highest BCUT2D eigenvalue weighted by molar-refractivity contribution is 5.98. The lowest BCUT2D eigenvalue weighted by atomic mass is 9.78. The van der Waals surface area contributed by atoms with Gasteiger partial charge in [0.1, 0.15) is 5.75 Å². The molecule has 0 aliphatic rings. The summed E-state index contributed by atoms with van der Waals surface area (Å²) in [6.45, 7) is 19.8. The van der Waals surface area contributed by atoms with Crippen LogP contribution in [0, 0.1) is 0 Å². The summed E-state index contributed by atoms with van der Waals surface area (Å²) in [5, 5.41) is 17.1. The monoisotopic (exact) mass is 519 g/mol. The molecule has 0 radical (unpaired) electrons. The minimum absolute atomic E-state index is 0.0186. The van der Waals surface area contributed by atoms with Crippen LogP contribution in [0.3, 0.4) is 0 Å². The zero-order valence-corrected chi connectivity index (χ0v) is 24.8. The van der Waals surface area contributed by atoms with E-state index in [-0.39, 0.29) is 16.2 Å². The molecule has 39 heavy (non-hydrogen) atoms. The molecule has 4 heteroatoms. The SMILES string of the molecule is CC(C)(C)c1cc(-c2cccc3cc(-c4cc(C(C)(C)C)cc(C(C)(C)C)c4O)[nH]c23)cc(-n2cccn2)c1. The van der Waals surface area contributed by atoms with E-state index in [0.717, 1.165) is 44.5 Å². The van der Waals surface area contributed by atoms with Gasteiger partial charge in [0.15, 0.2) is 0 Å². The highest BCUT2D eigenvalue weighted by atomic mass is 16.3. The summed E-state index contributed by atoms with van der Waals surface area (Å²) in [6.07, 6.45) is 3.79. The van der Waals surface area contributed by atoms with E-state index in [0.29, 0.717) is 5.75 Å². The average molecular weight is 520 g/mol. The third kappa shape index (κ3) is 5.13. The molecule has 0 aliphatic carbocycles. The van der Waals surface area contributed by atoms with Crippen LogP contribution in [0.1, 0.15) is 79.0 Å². The molecule has 0 fully saturated rings. The van der Waals surface area contributed by atoms with Crippen LogP contribution in [0.5, 0.6) is 5.75 Å². The van der Waals surface area contributed by atoms with Crippen LogP contribution < -0.4 is 0 Å². The largest absolute Gasteiger partial charge is 0.507 e. The Bertz CT molecular complexity index is 1650. The van der Waals surface area contributed by atoms with Crippen molar-refractivity contribution in [2.75, 3.05) is 0 Å². The summed E-state index contributed by atoms with van der Waals surface area (Å²) in [5.74, 6) is 0.347. The smallest absolute Gasteiger partial charge is 0.128 e. The van der Waals surface area contributed by atoms with Crippen molar-refractivity contribution in [1.82, 2.24) is 14.8 Å². The Morgan fingerprint density at radius 1 is 0.718 bits per heavy atom. The molecule has 3 aromatic carbocycles. The molecule has 4 nitrogen and oxygen atoms in total. The molecule has 0 saturated carbocycles. The maximum Gasteiger partial charge on any atom is 0.128 e. The van der Waals surface area contributed by atoms with Crippen molar-refractivity contribution in [3.63, 3.8) is 0 Å². The number of hydrogen-bond donors (Lipinski definition) is 2. The van der Waals surface area contributed by atoms with Gasteiger partial charge in [0.05, 0.1) is 16.9 Å². The normalized spacial score (nSPS) is 12.8. The average Bonchev–Trinajstić information content (AvgIpc) is 3.52. The lowest BCUT2D eigenvalue weighted by molar-refractivity contribution is 0.446. The van der Waals surface area contributed by atoms with E-state index in [1.165, 1.54) is 11.1 Å². The molecule has 0 amide bonds. The molecule has 202 valence electrons. The number of aromatic nitrogens is 3. The van der Waals surface area contributed by atoms with Crippen LogP contribution >= 0.6 is 0 Å². The Labute approximate surface area is 232 Å². The van der Waals surface area contributed by atoms with Crippen LogP contribution in [0.15, 0.2) is 73.1 Å². The molecular formula is C35H41N3O. The van der Waals surface area contributed by atoms with Crippen molar-refractivity contribution in [3.8, 4) is 33.8 Å². The fraction of sp³-hybridized carbons (Fsp3) is 0.343. The van der Waals surface area contributed by atoms with Crippen LogP contribution in [-0.4, -0.2) is 19.9 Å². The third-order valence-corrected chi connectivity index (χ3v) is 7.59. The lowest BCUT2D eigenvalue weighted by Gasteiger charge is -2.27. The first-order chi connectivity index (χ1) is 18.1. The second-order valence-electron chi connectivity index (χ2n) is 13.8. The lowest BCUT2D eigenvalue weighted by Crippen LogP contribution is -2.17. The fourth-order valence-corrected chi connectivity index (χ4v) is 5.14. The molecule has 0 saturated heterocycles. The summed E-state index contributed by atoms with van der Waals surface area (Å²) >= 11 is 0. The minimum atomic E-state index is -0.187. The van der Waals surface area contributed by atoms with Crippen molar-refractivity contribution in [1.29, 1.82) is 0 Å². The first kappa shape index (κ1) is 26.8. The Hall–Kier alpha value is -3.79. The maximum atomic E-state index is 11.5. The standard InChI is InChI=1S/C35H41N3O/c1-33(2,3)24-16-23(17-26(19-24)38-15-11-14-36-38)27-13-10-12-22-18-30(37-31(22)27)28-20-25(34(4,5)6)21-29(32(28)39)35(7,8)9/h10-21,37,39H,1-9H3. The number of rotatable bonds is 3. The Morgan fingerprint density at radius 3 is 2.03 bits per heavy atom. The number of aromatic hydroxyl groups is 1. The minimum Gasteiger partial charge on any atom is -0.507 e. The van der Waals surface area contributed by atoms with Crippen molar-refractivity contribution in [3.05, 3.63) is 89.7 Å². The van der Waals surface area contributed by atoms with E-state index in [9.17, 15) is 5.11 Å². The van der Waals surface area contributed by atoms with E-state index in [1.807, 2.05) is 23.1 Å². The molecule has 5 rings (SSSR count). The van der Waals surface area contributed by atoms with Crippen LogP contribution in [0.25, 0.3) is 39.0 Å². The second kappa shape index (κ2) is 9.15. The number of aromatic amines is 1. The van der Waals surface area contributed by atoms with Crippen LogP contribution in [-0.2, 0) is 16.2 Å². The highest BCUT2D eigenvalue weighted by Crippen LogP contribution is 2.43. The Morgan fingerprint density at radius 2 is 1.41 bits per heavy atom. The van der Waals surface area contributed by atoms with Gasteiger partial charge >= 0.3 is 0 Å². The number of nitrogens with zero attached hydrogens (tertiary/aromatic N) is 2. The molecular weight excluding hydrogens is 478 g/mol. The van der Waals surface area contributed by atoms with Gasteiger partial charge in [-0.05, 0) is 63.3 Å². The van der Waals surface area contributed by atoms with Gasteiger partial charge in [-0.2, -0.15) is 5.10 Å². The van der Waals surface area contributed by atoms with Crippen molar-refractivity contribution < 1.29 is 5.11 Å². The Kier molecular flexibility index (Phi) is 6.29. The van der Waals surface area contributed by atoms with Crippen molar-refractivity contribution in [2.45, 2.75) is 78.6 Å². The summed E-state index contributed by atoms with van der Waals surface area (Å²) in [7, 11) is 0. The number of H-pyrrole nitrogens is 1. The van der Waals surface area contributed by atoms with Gasteiger partial charge in [0, 0.05) is 34.5 Å². The molecule has 2 N–H and O–H groups in total. The third-order valence-electron chi connectivity index (χ3n) is 7.59. The van der Waals surface area contributed by atoms with Gasteiger partial charge in [0.25, 0.3) is 0 Å². The number of benzene rings is 3. The number of phenols is 1. The van der Waals surface area contributed by atoms with E-state index in [4.69, 9.17) is 0 Å². The molecule has 2 heterocycles. The predicted molar refractivity (Wildman–Crippen MR) is 164 cm³/mol. The van der Waals surface area contributed by atoms with Crippen molar-refractivity contribution in [2.24, 2.45) is 0 Å². The first-order valence-electron chi connectivity index (χ1n) is 13.8. The number of para-hydroxylation sites is 1. The topological polar surface area (TPSA) is 53.8 Å². The van der Waals surface area contributed by atoms with Gasteiger partial charge in [-0.3, -0.25) is 0 Å². The number of phenolic OH excluding ortho intramolecular Hbond substituents is 1. The summed E-state index contributed by atoms with van der Waals surface area (Å²) in [5.41, 5.74) is 9.29. The number of nitrogens with one attached hydrogen (secondary N) is 1. The number of hydrogen-bond acceptors (Lipinski definition) is 2. The van der Waals surface area contributed by atoms with Crippen LogP contribution in [0.2, 0.25) is 0 Å². The van der Waals surface area contributed by atoms with E-state index >= 15 is 0 Å².